The van der Waals surface area contributed by atoms with E-state index in [9.17, 15) is 18.8 Å². The van der Waals surface area contributed by atoms with Crippen molar-refractivity contribution in [3.63, 3.8) is 0 Å². The number of nitrogens with one attached hydrogen (secondary N) is 2. The van der Waals surface area contributed by atoms with Gasteiger partial charge in [0.15, 0.2) is 0 Å². The number of hydrogen-bond acceptors (Lipinski definition) is 3. The van der Waals surface area contributed by atoms with Gasteiger partial charge in [0.25, 0.3) is 0 Å². The van der Waals surface area contributed by atoms with Crippen LogP contribution in [0.5, 0.6) is 0 Å². The number of rotatable bonds is 5. The quantitative estimate of drug-likeness (QED) is 0.631. The molecule has 3 amide bonds. The van der Waals surface area contributed by atoms with Crippen molar-refractivity contribution in [1.29, 1.82) is 0 Å². The van der Waals surface area contributed by atoms with Gasteiger partial charge in [-0.25, -0.2) is 14.0 Å². The van der Waals surface area contributed by atoms with E-state index in [-0.39, 0.29) is 5.69 Å². The van der Waals surface area contributed by atoms with Crippen molar-refractivity contribution in [2.45, 2.75) is 19.4 Å². The third kappa shape index (κ3) is 4.56. The van der Waals surface area contributed by atoms with Crippen LogP contribution in [-0.2, 0) is 9.59 Å². The number of carboxylic acid groups (broad SMARTS) is 1. The summed E-state index contributed by atoms with van der Waals surface area (Å²) in [5, 5.41) is 13.2. The van der Waals surface area contributed by atoms with Crippen LogP contribution in [0.15, 0.2) is 18.2 Å². The van der Waals surface area contributed by atoms with E-state index < -0.39 is 36.2 Å². The van der Waals surface area contributed by atoms with Crippen molar-refractivity contribution in [1.82, 2.24) is 5.32 Å². The number of amides is 3. The molecule has 0 heterocycles. The van der Waals surface area contributed by atoms with Gasteiger partial charge in [-0.05, 0) is 24.6 Å². The number of urea groups is 1. The summed E-state index contributed by atoms with van der Waals surface area (Å²) in [7, 11) is 0. The molecule has 1 aromatic rings. The van der Waals surface area contributed by atoms with Crippen molar-refractivity contribution in [2.75, 3.05) is 5.32 Å². The van der Waals surface area contributed by atoms with Crippen LogP contribution in [0.2, 0.25) is 0 Å². The highest BCUT2D eigenvalue weighted by Gasteiger charge is 2.22. The zero-order valence-electron chi connectivity index (χ0n) is 10.6. The highest BCUT2D eigenvalue weighted by atomic mass is 19.1. The van der Waals surface area contributed by atoms with Crippen molar-refractivity contribution in [3.8, 4) is 0 Å². The number of aliphatic carboxylic acids is 1. The number of anilines is 1. The molecule has 7 nitrogen and oxygen atoms in total. The first-order valence-corrected chi connectivity index (χ1v) is 5.64. The SMILES string of the molecule is Cc1ccc(F)cc1NC(=O)N[C@H](CC(N)=O)C(=O)O. The Labute approximate surface area is 114 Å². The maximum atomic E-state index is 13.0. The molecule has 0 saturated heterocycles. The maximum absolute atomic E-state index is 13.0. The lowest BCUT2D eigenvalue weighted by molar-refractivity contribution is -0.140. The third-order valence-electron chi connectivity index (χ3n) is 2.46. The normalized spacial score (nSPS) is 11.5. The fourth-order valence-corrected chi connectivity index (χ4v) is 1.45. The van der Waals surface area contributed by atoms with Gasteiger partial charge in [0.2, 0.25) is 5.91 Å². The average Bonchev–Trinajstić information content (AvgIpc) is 2.32. The number of halogens is 1. The van der Waals surface area contributed by atoms with Crippen LogP contribution in [-0.4, -0.2) is 29.1 Å². The summed E-state index contributed by atoms with van der Waals surface area (Å²) in [5.74, 6) is -2.80. The molecule has 0 aliphatic heterocycles. The zero-order valence-corrected chi connectivity index (χ0v) is 10.6. The minimum Gasteiger partial charge on any atom is -0.480 e. The monoisotopic (exact) mass is 283 g/mol. The van der Waals surface area contributed by atoms with Crippen molar-refractivity contribution in [3.05, 3.63) is 29.6 Å². The van der Waals surface area contributed by atoms with Crippen LogP contribution < -0.4 is 16.4 Å². The van der Waals surface area contributed by atoms with E-state index in [0.717, 1.165) is 6.07 Å². The van der Waals surface area contributed by atoms with Gasteiger partial charge in [0, 0.05) is 5.69 Å². The van der Waals surface area contributed by atoms with E-state index in [1.54, 1.807) is 6.92 Å². The first-order valence-electron chi connectivity index (χ1n) is 5.64. The molecule has 0 fully saturated rings. The maximum Gasteiger partial charge on any atom is 0.326 e. The van der Waals surface area contributed by atoms with Crippen LogP contribution in [0.4, 0.5) is 14.9 Å². The largest absolute Gasteiger partial charge is 0.480 e. The highest BCUT2D eigenvalue weighted by Crippen LogP contribution is 2.15. The highest BCUT2D eigenvalue weighted by molar-refractivity contribution is 5.94. The molecule has 0 saturated carbocycles. The minimum absolute atomic E-state index is 0.200. The van der Waals surface area contributed by atoms with Crippen molar-refractivity contribution < 1.29 is 23.9 Å². The summed E-state index contributed by atoms with van der Waals surface area (Å²) < 4.78 is 13.0. The number of carbonyl (C=O) groups excluding carboxylic acids is 2. The fourth-order valence-electron chi connectivity index (χ4n) is 1.45. The lowest BCUT2D eigenvalue weighted by Gasteiger charge is -2.14. The topological polar surface area (TPSA) is 122 Å². The van der Waals surface area contributed by atoms with Crippen LogP contribution in [0.1, 0.15) is 12.0 Å². The Morgan fingerprint density at radius 1 is 1.40 bits per heavy atom. The third-order valence-corrected chi connectivity index (χ3v) is 2.46. The van der Waals surface area contributed by atoms with E-state index in [1.165, 1.54) is 12.1 Å². The molecule has 5 N–H and O–H groups in total. The smallest absolute Gasteiger partial charge is 0.326 e. The summed E-state index contributed by atoms with van der Waals surface area (Å²) in [5.41, 5.74) is 5.68. The summed E-state index contributed by atoms with van der Waals surface area (Å²) >= 11 is 0. The van der Waals surface area contributed by atoms with Gasteiger partial charge in [0.1, 0.15) is 11.9 Å². The van der Waals surface area contributed by atoms with Gasteiger partial charge in [0.05, 0.1) is 6.42 Å². The lowest BCUT2D eigenvalue weighted by atomic mass is 10.2. The van der Waals surface area contributed by atoms with Gasteiger partial charge in [-0.3, -0.25) is 4.79 Å². The fraction of sp³-hybridized carbons (Fsp3) is 0.250. The van der Waals surface area contributed by atoms with Gasteiger partial charge in [-0.2, -0.15) is 0 Å². The molecule has 0 aliphatic rings. The molecule has 0 radical (unpaired) electrons. The number of nitrogens with two attached hydrogens (primary N) is 1. The van der Waals surface area contributed by atoms with Gasteiger partial charge < -0.3 is 21.5 Å². The number of hydrogen-bond donors (Lipinski definition) is 4. The number of carbonyl (C=O) groups is 3. The van der Waals surface area contributed by atoms with Crippen LogP contribution >= 0.6 is 0 Å². The zero-order chi connectivity index (χ0) is 15.3. The molecular formula is C12H14FN3O4. The number of carboxylic acids is 1. The molecule has 1 atom stereocenters. The predicted molar refractivity (Wildman–Crippen MR) is 68.5 cm³/mol. The molecule has 0 aliphatic carbocycles. The summed E-state index contributed by atoms with van der Waals surface area (Å²) in [6.07, 6.45) is -0.537. The molecular weight excluding hydrogens is 269 g/mol. The van der Waals surface area contributed by atoms with Crippen molar-refractivity contribution >= 4 is 23.6 Å². The Kier molecular flexibility index (Phi) is 5.01. The molecule has 1 aromatic carbocycles. The molecule has 1 rings (SSSR count). The van der Waals surface area contributed by atoms with E-state index in [0.29, 0.717) is 5.56 Å². The van der Waals surface area contributed by atoms with E-state index in [2.05, 4.69) is 10.6 Å². The standard InChI is InChI=1S/C12H14FN3O4/c1-6-2-3-7(13)4-8(6)15-12(20)16-9(11(18)19)5-10(14)17/h2-4,9H,5H2,1H3,(H2,14,17)(H,18,19)(H2,15,16,20)/t9-/m1/s1. The Morgan fingerprint density at radius 2 is 2.05 bits per heavy atom. The Bertz CT molecular complexity index is 548. The molecule has 0 aromatic heterocycles. The number of primary amides is 1. The Hall–Kier alpha value is -2.64. The molecule has 0 unspecified atom stereocenters. The van der Waals surface area contributed by atoms with E-state index in [1.807, 2.05) is 0 Å². The first kappa shape index (κ1) is 15.4. The summed E-state index contributed by atoms with van der Waals surface area (Å²) in [4.78, 5) is 33.1. The lowest BCUT2D eigenvalue weighted by Crippen LogP contribution is -2.45. The minimum atomic E-state index is -1.44. The molecule has 8 heteroatoms. The average molecular weight is 283 g/mol. The van der Waals surface area contributed by atoms with E-state index >= 15 is 0 Å². The first-order chi connectivity index (χ1) is 9.29. The summed E-state index contributed by atoms with van der Waals surface area (Å²) in [6.45, 7) is 1.65. The van der Waals surface area contributed by atoms with Crippen LogP contribution in [0.25, 0.3) is 0 Å². The van der Waals surface area contributed by atoms with Crippen LogP contribution in [0.3, 0.4) is 0 Å². The van der Waals surface area contributed by atoms with Gasteiger partial charge in [-0.15, -0.1) is 0 Å². The Balaban J connectivity index is 2.72. The molecule has 0 bridgehead atoms. The summed E-state index contributed by atoms with van der Waals surface area (Å²) in [6, 6.07) is 1.47. The Morgan fingerprint density at radius 3 is 2.60 bits per heavy atom. The van der Waals surface area contributed by atoms with E-state index in [4.69, 9.17) is 10.8 Å². The number of benzene rings is 1. The second-order valence-corrected chi connectivity index (χ2v) is 4.12. The molecule has 0 spiro atoms. The predicted octanol–water partition coefficient (Wildman–Crippen LogP) is 0.584. The van der Waals surface area contributed by atoms with Gasteiger partial charge in [-0.1, -0.05) is 6.07 Å². The van der Waals surface area contributed by atoms with Gasteiger partial charge >= 0.3 is 12.0 Å². The van der Waals surface area contributed by atoms with Crippen LogP contribution in [0, 0.1) is 12.7 Å². The second kappa shape index (κ2) is 6.50. The van der Waals surface area contributed by atoms with Crippen molar-refractivity contribution in [2.24, 2.45) is 5.73 Å². The molecule has 108 valence electrons. The second-order valence-electron chi connectivity index (χ2n) is 4.12. The number of aryl methyl sites for hydroxylation is 1. The molecule has 20 heavy (non-hydrogen) atoms.